The highest BCUT2D eigenvalue weighted by molar-refractivity contribution is 6.23. The van der Waals surface area contributed by atoms with Crippen LogP contribution in [0.5, 0.6) is 0 Å². The molecular formula is C12H14O5. The Morgan fingerprint density at radius 1 is 1.24 bits per heavy atom. The van der Waals surface area contributed by atoms with Crippen molar-refractivity contribution in [1.29, 1.82) is 0 Å². The van der Waals surface area contributed by atoms with Crippen molar-refractivity contribution >= 4 is 11.6 Å². The molecule has 0 radical (unpaired) electrons. The Balaban J connectivity index is 2.69. The van der Waals surface area contributed by atoms with Gasteiger partial charge in [-0.2, -0.15) is 0 Å². The molecule has 2 N–H and O–H groups in total. The third-order valence-electron chi connectivity index (χ3n) is 3.24. The van der Waals surface area contributed by atoms with Gasteiger partial charge in [0.2, 0.25) is 11.6 Å². The molecule has 0 saturated heterocycles. The van der Waals surface area contributed by atoms with E-state index in [2.05, 4.69) is 0 Å². The number of rotatable bonds is 0. The van der Waals surface area contributed by atoms with Crippen molar-refractivity contribution in [3.8, 4) is 0 Å². The van der Waals surface area contributed by atoms with Crippen molar-refractivity contribution in [3.05, 3.63) is 23.0 Å². The molecule has 2 rings (SSSR count). The molecule has 17 heavy (non-hydrogen) atoms. The number of carbonyl (C=O) groups excluding carboxylic acids is 2. The van der Waals surface area contributed by atoms with Gasteiger partial charge in [-0.05, 0) is 26.8 Å². The van der Waals surface area contributed by atoms with Crippen molar-refractivity contribution in [2.45, 2.75) is 32.0 Å². The quantitative estimate of drug-likeness (QED) is 0.574. The van der Waals surface area contributed by atoms with E-state index in [-0.39, 0.29) is 17.8 Å². The molecule has 0 bridgehead atoms. The average Bonchev–Trinajstić information content (AvgIpc) is 2.25. The summed E-state index contributed by atoms with van der Waals surface area (Å²) in [4.78, 5) is 23.9. The van der Waals surface area contributed by atoms with Gasteiger partial charge in [-0.15, -0.1) is 0 Å². The summed E-state index contributed by atoms with van der Waals surface area (Å²) in [7, 11) is 0. The van der Waals surface area contributed by atoms with Crippen LogP contribution in [0.2, 0.25) is 0 Å². The summed E-state index contributed by atoms with van der Waals surface area (Å²) in [5, 5.41) is 20.1. The maximum absolute atomic E-state index is 11.9. The molecule has 0 aromatic carbocycles. The largest absolute Gasteiger partial charge is 0.493 e. The van der Waals surface area contributed by atoms with E-state index < -0.39 is 22.8 Å². The van der Waals surface area contributed by atoms with Gasteiger partial charge in [0.1, 0.15) is 12.2 Å². The topological polar surface area (TPSA) is 83.8 Å². The summed E-state index contributed by atoms with van der Waals surface area (Å²) in [6, 6.07) is 0. The number of ketones is 2. The highest BCUT2D eigenvalue weighted by Gasteiger charge is 2.56. The maximum atomic E-state index is 11.9. The smallest absolute Gasteiger partial charge is 0.207 e. The van der Waals surface area contributed by atoms with Crippen molar-refractivity contribution in [3.63, 3.8) is 0 Å². The van der Waals surface area contributed by atoms with E-state index in [0.717, 1.165) is 6.92 Å². The van der Waals surface area contributed by atoms with Crippen LogP contribution < -0.4 is 0 Å². The van der Waals surface area contributed by atoms with Gasteiger partial charge in [-0.25, -0.2) is 0 Å². The molecule has 0 amide bonds. The van der Waals surface area contributed by atoms with Crippen LogP contribution in [0, 0.1) is 0 Å². The van der Waals surface area contributed by atoms with E-state index >= 15 is 0 Å². The SMILES string of the molecule is CC1=CC2=C(CO1)C(=O)[C@](C)(O)C(=O)[C@]2(C)O. The lowest BCUT2D eigenvalue weighted by Gasteiger charge is -2.39. The zero-order valence-electron chi connectivity index (χ0n) is 9.90. The van der Waals surface area contributed by atoms with E-state index in [1.54, 1.807) is 6.92 Å². The average molecular weight is 238 g/mol. The zero-order chi connectivity index (χ0) is 13.0. The molecule has 0 aromatic heterocycles. The third-order valence-corrected chi connectivity index (χ3v) is 3.24. The standard InChI is InChI=1S/C12H14O5/c1-6-4-8-7(5-17-6)9(13)12(3,16)10(14)11(8,2)15/h4,15-16H,5H2,1-3H3/t11-,12+/m1/s1. The first-order valence-electron chi connectivity index (χ1n) is 5.28. The Morgan fingerprint density at radius 2 is 1.82 bits per heavy atom. The van der Waals surface area contributed by atoms with Gasteiger partial charge in [-0.3, -0.25) is 9.59 Å². The van der Waals surface area contributed by atoms with Gasteiger partial charge >= 0.3 is 0 Å². The van der Waals surface area contributed by atoms with Gasteiger partial charge in [0.05, 0.1) is 5.76 Å². The Kier molecular flexibility index (Phi) is 2.31. The summed E-state index contributed by atoms with van der Waals surface area (Å²) >= 11 is 0. The van der Waals surface area contributed by atoms with Crippen LogP contribution in [0.4, 0.5) is 0 Å². The first-order chi connectivity index (χ1) is 7.69. The number of ether oxygens (including phenoxy) is 1. The van der Waals surface area contributed by atoms with Crippen LogP contribution in [0.3, 0.4) is 0 Å². The second-order valence-corrected chi connectivity index (χ2v) is 4.74. The lowest BCUT2D eigenvalue weighted by Crippen LogP contribution is -2.60. The monoisotopic (exact) mass is 238 g/mol. The molecule has 5 heteroatoms. The fourth-order valence-corrected chi connectivity index (χ4v) is 2.21. The minimum Gasteiger partial charge on any atom is -0.493 e. The predicted octanol–water partition coefficient (Wildman–Crippen LogP) is -0.129. The second-order valence-electron chi connectivity index (χ2n) is 4.74. The molecule has 2 atom stereocenters. The first kappa shape index (κ1) is 12.0. The van der Waals surface area contributed by atoms with E-state index in [0.29, 0.717) is 5.76 Å². The minimum absolute atomic E-state index is 0.0317. The minimum atomic E-state index is -2.19. The molecule has 1 aliphatic heterocycles. The molecule has 1 heterocycles. The lowest BCUT2D eigenvalue weighted by atomic mass is 9.70. The third kappa shape index (κ3) is 1.46. The molecule has 0 aromatic rings. The summed E-state index contributed by atoms with van der Waals surface area (Å²) in [6.07, 6.45) is 1.46. The van der Waals surface area contributed by atoms with E-state index in [1.165, 1.54) is 13.0 Å². The van der Waals surface area contributed by atoms with E-state index in [4.69, 9.17) is 4.74 Å². The van der Waals surface area contributed by atoms with Crippen molar-refractivity contribution in [2.24, 2.45) is 0 Å². The van der Waals surface area contributed by atoms with Crippen LogP contribution in [0.1, 0.15) is 20.8 Å². The van der Waals surface area contributed by atoms with Crippen LogP contribution >= 0.6 is 0 Å². The molecule has 0 fully saturated rings. The van der Waals surface area contributed by atoms with E-state index in [1.807, 2.05) is 0 Å². The zero-order valence-corrected chi connectivity index (χ0v) is 9.90. The summed E-state index contributed by atoms with van der Waals surface area (Å²) in [5.74, 6) is -1.08. The molecule has 5 nitrogen and oxygen atoms in total. The number of hydrogen-bond acceptors (Lipinski definition) is 5. The van der Waals surface area contributed by atoms with Crippen LogP contribution in [-0.2, 0) is 14.3 Å². The van der Waals surface area contributed by atoms with Gasteiger partial charge in [0.15, 0.2) is 5.60 Å². The number of allylic oxidation sites excluding steroid dienone is 1. The molecular weight excluding hydrogens is 224 g/mol. The lowest BCUT2D eigenvalue weighted by molar-refractivity contribution is -0.159. The Morgan fingerprint density at radius 3 is 2.41 bits per heavy atom. The van der Waals surface area contributed by atoms with Gasteiger partial charge < -0.3 is 14.9 Å². The maximum Gasteiger partial charge on any atom is 0.207 e. The van der Waals surface area contributed by atoms with Crippen molar-refractivity contribution in [2.75, 3.05) is 6.61 Å². The molecule has 92 valence electrons. The van der Waals surface area contributed by atoms with Crippen LogP contribution in [0.25, 0.3) is 0 Å². The molecule has 2 aliphatic rings. The summed E-state index contributed by atoms with van der Waals surface area (Å²) in [6.45, 7) is 4.01. The van der Waals surface area contributed by atoms with Gasteiger partial charge in [0.25, 0.3) is 0 Å². The van der Waals surface area contributed by atoms with E-state index in [9.17, 15) is 19.8 Å². The highest BCUT2D eigenvalue weighted by atomic mass is 16.5. The normalized spacial score (nSPS) is 37.6. The first-order valence-corrected chi connectivity index (χ1v) is 5.28. The second kappa shape index (κ2) is 3.27. The predicted molar refractivity (Wildman–Crippen MR) is 58.0 cm³/mol. The van der Waals surface area contributed by atoms with Gasteiger partial charge in [-0.1, -0.05) is 0 Å². The molecule has 0 saturated carbocycles. The van der Waals surface area contributed by atoms with Gasteiger partial charge in [0, 0.05) is 11.1 Å². The van der Waals surface area contributed by atoms with Crippen molar-refractivity contribution < 1.29 is 24.5 Å². The number of Topliss-reactive ketones (excluding diaryl/α,β-unsaturated/α-hetero) is 2. The van der Waals surface area contributed by atoms with Crippen LogP contribution in [-0.4, -0.2) is 39.6 Å². The Hall–Kier alpha value is -1.46. The van der Waals surface area contributed by atoms with Crippen molar-refractivity contribution in [1.82, 2.24) is 0 Å². The van der Waals surface area contributed by atoms with Crippen LogP contribution in [0.15, 0.2) is 23.0 Å². The molecule has 1 aliphatic carbocycles. The summed E-state index contributed by atoms with van der Waals surface area (Å²) in [5.41, 5.74) is -3.67. The highest BCUT2D eigenvalue weighted by Crippen LogP contribution is 2.37. The Bertz CT molecular complexity index is 479. The molecule has 0 unspecified atom stereocenters. The molecule has 0 spiro atoms. The Labute approximate surface area is 98.4 Å². The fourth-order valence-electron chi connectivity index (χ4n) is 2.21. The number of hydrogen-bond donors (Lipinski definition) is 2. The fraction of sp³-hybridized carbons (Fsp3) is 0.500. The summed E-state index contributed by atoms with van der Waals surface area (Å²) < 4.78 is 5.19. The number of carbonyl (C=O) groups is 2. The number of aliphatic hydroxyl groups is 2.